The highest BCUT2D eigenvalue weighted by Gasteiger charge is 2.34. The number of rotatable bonds is 6. The van der Waals surface area contributed by atoms with E-state index in [9.17, 15) is 4.79 Å². The summed E-state index contributed by atoms with van der Waals surface area (Å²) in [5.41, 5.74) is 1.15. The van der Waals surface area contributed by atoms with E-state index in [0.717, 1.165) is 5.56 Å². The van der Waals surface area contributed by atoms with E-state index in [0.29, 0.717) is 19.6 Å². The SMILES string of the molecule is C=CCOCC(=O)N1C(=S)OC[C@@H]1Cc1ccccc1. The molecule has 1 fully saturated rings. The first-order chi connectivity index (χ1) is 9.72. The van der Waals surface area contributed by atoms with E-state index < -0.39 is 0 Å². The van der Waals surface area contributed by atoms with Crippen LogP contribution in [-0.2, 0) is 20.7 Å². The Kier molecular flexibility index (Phi) is 5.26. The molecule has 0 aliphatic carbocycles. The van der Waals surface area contributed by atoms with E-state index in [1.165, 1.54) is 4.90 Å². The molecule has 1 aliphatic rings. The summed E-state index contributed by atoms with van der Waals surface area (Å²) in [7, 11) is 0. The second kappa shape index (κ2) is 7.17. The Morgan fingerprint density at radius 2 is 2.25 bits per heavy atom. The van der Waals surface area contributed by atoms with E-state index in [2.05, 4.69) is 6.58 Å². The molecule has 1 heterocycles. The highest BCUT2D eigenvalue weighted by molar-refractivity contribution is 7.80. The summed E-state index contributed by atoms with van der Waals surface area (Å²) in [6, 6.07) is 9.90. The Morgan fingerprint density at radius 3 is 2.95 bits per heavy atom. The molecular formula is C15H17NO3S. The van der Waals surface area contributed by atoms with Crippen LogP contribution in [0, 0.1) is 0 Å². The largest absolute Gasteiger partial charge is 0.468 e. The zero-order chi connectivity index (χ0) is 14.4. The van der Waals surface area contributed by atoms with Gasteiger partial charge in [-0.1, -0.05) is 36.4 Å². The molecule has 0 saturated carbocycles. The molecule has 0 spiro atoms. The highest BCUT2D eigenvalue weighted by Crippen LogP contribution is 2.17. The molecule has 0 radical (unpaired) electrons. The number of amides is 1. The summed E-state index contributed by atoms with van der Waals surface area (Å²) >= 11 is 5.10. The summed E-state index contributed by atoms with van der Waals surface area (Å²) in [5.74, 6) is -0.171. The normalized spacial score (nSPS) is 17.9. The lowest BCUT2D eigenvalue weighted by molar-refractivity contribution is -0.132. The first-order valence-electron chi connectivity index (χ1n) is 6.43. The van der Waals surface area contributed by atoms with Crippen molar-refractivity contribution in [1.29, 1.82) is 0 Å². The van der Waals surface area contributed by atoms with Gasteiger partial charge in [-0.2, -0.15) is 0 Å². The zero-order valence-corrected chi connectivity index (χ0v) is 12.0. The van der Waals surface area contributed by atoms with Crippen molar-refractivity contribution >= 4 is 23.3 Å². The van der Waals surface area contributed by atoms with Gasteiger partial charge in [0.2, 0.25) is 0 Å². The van der Waals surface area contributed by atoms with Crippen molar-refractivity contribution < 1.29 is 14.3 Å². The molecule has 1 aromatic carbocycles. The molecule has 1 atom stereocenters. The molecule has 0 bridgehead atoms. The Morgan fingerprint density at radius 1 is 1.50 bits per heavy atom. The Hall–Kier alpha value is -1.72. The second-order valence-corrected chi connectivity index (χ2v) is 4.84. The number of carbonyl (C=O) groups excluding carboxylic acids is 1. The van der Waals surface area contributed by atoms with Crippen LogP contribution < -0.4 is 0 Å². The van der Waals surface area contributed by atoms with Gasteiger partial charge in [0.05, 0.1) is 12.6 Å². The van der Waals surface area contributed by atoms with Crippen molar-refractivity contribution in [3.05, 3.63) is 48.6 Å². The van der Waals surface area contributed by atoms with Gasteiger partial charge in [0.15, 0.2) is 0 Å². The van der Waals surface area contributed by atoms with Crippen LogP contribution in [0.15, 0.2) is 43.0 Å². The summed E-state index contributed by atoms with van der Waals surface area (Å²) in [6.45, 7) is 4.30. The first kappa shape index (κ1) is 14.7. The number of hydrogen-bond acceptors (Lipinski definition) is 4. The topological polar surface area (TPSA) is 38.8 Å². The average Bonchev–Trinajstić information content (AvgIpc) is 2.81. The summed E-state index contributed by atoms with van der Waals surface area (Å²) < 4.78 is 10.5. The van der Waals surface area contributed by atoms with E-state index in [1.54, 1.807) is 6.08 Å². The van der Waals surface area contributed by atoms with Crippen molar-refractivity contribution in [1.82, 2.24) is 4.90 Å². The molecule has 1 amide bonds. The molecule has 0 aromatic heterocycles. The first-order valence-corrected chi connectivity index (χ1v) is 6.84. The van der Waals surface area contributed by atoms with Crippen molar-refractivity contribution in [3.63, 3.8) is 0 Å². The van der Waals surface area contributed by atoms with Crippen LogP contribution in [0.5, 0.6) is 0 Å². The van der Waals surface area contributed by atoms with E-state index in [1.807, 2.05) is 30.3 Å². The van der Waals surface area contributed by atoms with E-state index >= 15 is 0 Å². The lowest BCUT2D eigenvalue weighted by Crippen LogP contribution is -2.42. The fourth-order valence-corrected chi connectivity index (χ4v) is 2.42. The second-order valence-electron chi connectivity index (χ2n) is 4.49. The molecule has 1 aliphatic heterocycles. The minimum Gasteiger partial charge on any atom is -0.468 e. The van der Waals surface area contributed by atoms with Crippen LogP contribution >= 0.6 is 12.2 Å². The predicted molar refractivity (Wildman–Crippen MR) is 80.3 cm³/mol. The molecular weight excluding hydrogens is 274 g/mol. The van der Waals surface area contributed by atoms with Gasteiger partial charge in [-0.25, -0.2) is 0 Å². The molecule has 106 valence electrons. The van der Waals surface area contributed by atoms with Crippen molar-refractivity contribution in [2.24, 2.45) is 0 Å². The highest BCUT2D eigenvalue weighted by atomic mass is 32.1. The van der Waals surface area contributed by atoms with Crippen molar-refractivity contribution in [2.75, 3.05) is 19.8 Å². The lowest BCUT2D eigenvalue weighted by atomic mass is 10.1. The Labute approximate surface area is 124 Å². The Balaban J connectivity index is 1.99. The standard InChI is InChI=1S/C15H17NO3S/c1-2-8-18-11-14(17)16-13(10-19-15(16)20)9-12-6-4-3-5-7-12/h2-7,13H,1,8-11H2/t13-/m0/s1. The predicted octanol–water partition coefficient (Wildman–Crippen LogP) is 1.94. The molecule has 0 unspecified atom stereocenters. The lowest BCUT2D eigenvalue weighted by Gasteiger charge is -2.21. The molecule has 4 nitrogen and oxygen atoms in total. The smallest absolute Gasteiger partial charge is 0.266 e. The third-order valence-electron chi connectivity index (χ3n) is 3.01. The number of thiocarbonyl (C=S) groups is 1. The minimum absolute atomic E-state index is 0.0131. The molecule has 1 saturated heterocycles. The minimum atomic E-state index is -0.171. The summed E-state index contributed by atoms with van der Waals surface area (Å²) in [6.07, 6.45) is 2.32. The van der Waals surface area contributed by atoms with Gasteiger partial charge in [-0.05, 0) is 24.2 Å². The molecule has 0 N–H and O–H groups in total. The van der Waals surface area contributed by atoms with Gasteiger partial charge in [0, 0.05) is 0 Å². The quantitative estimate of drug-likeness (QED) is 0.456. The van der Waals surface area contributed by atoms with Gasteiger partial charge in [0.1, 0.15) is 13.2 Å². The third-order valence-corrected chi connectivity index (χ3v) is 3.32. The van der Waals surface area contributed by atoms with Gasteiger partial charge in [-0.3, -0.25) is 9.69 Å². The van der Waals surface area contributed by atoms with Crippen LogP contribution in [0.3, 0.4) is 0 Å². The van der Waals surface area contributed by atoms with Crippen LogP contribution in [-0.4, -0.2) is 41.8 Å². The molecule has 1 aromatic rings. The van der Waals surface area contributed by atoms with Crippen LogP contribution in [0.4, 0.5) is 0 Å². The van der Waals surface area contributed by atoms with E-state index in [-0.39, 0.29) is 23.7 Å². The van der Waals surface area contributed by atoms with Gasteiger partial charge in [0.25, 0.3) is 11.1 Å². The maximum Gasteiger partial charge on any atom is 0.266 e. The maximum absolute atomic E-state index is 12.1. The molecule has 5 heteroatoms. The Bertz CT molecular complexity index is 489. The van der Waals surface area contributed by atoms with Crippen LogP contribution in [0.25, 0.3) is 0 Å². The van der Waals surface area contributed by atoms with Crippen molar-refractivity contribution in [2.45, 2.75) is 12.5 Å². The van der Waals surface area contributed by atoms with Crippen LogP contribution in [0.1, 0.15) is 5.56 Å². The number of nitrogens with zero attached hydrogens (tertiary/aromatic N) is 1. The summed E-state index contributed by atoms with van der Waals surface area (Å²) in [5, 5.41) is 0.234. The zero-order valence-electron chi connectivity index (χ0n) is 11.2. The number of benzene rings is 1. The fraction of sp³-hybridized carbons (Fsp3) is 0.333. The number of ether oxygens (including phenoxy) is 2. The van der Waals surface area contributed by atoms with Crippen molar-refractivity contribution in [3.8, 4) is 0 Å². The van der Waals surface area contributed by atoms with Gasteiger partial charge in [-0.15, -0.1) is 6.58 Å². The summed E-state index contributed by atoms with van der Waals surface area (Å²) in [4.78, 5) is 13.6. The number of carbonyl (C=O) groups is 1. The monoisotopic (exact) mass is 291 g/mol. The maximum atomic E-state index is 12.1. The third kappa shape index (κ3) is 3.65. The fourth-order valence-electron chi connectivity index (χ4n) is 2.10. The van der Waals surface area contributed by atoms with Gasteiger partial charge >= 0.3 is 0 Å². The molecule has 20 heavy (non-hydrogen) atoms. The molecule has 2 rings (SSSR count). The van der Waals surface area contributed by atoms with E-state index in [4.69, 9.17) is 21.7 Å². The van der Waals surface area contributed by atoms with Crippen LogP contribution in [0.2, 0.25) is 0 Å². The van der Waals surface area contributed by atoms with Gasteiger partial charge < -0.3 is 9.47 Å². The average molecular weight is 291 g/mol. The number of hydrogen-bond donors (Lipinski definition) is 0.